The Hall–Kier alpha value is -1.86. The van der Waals surface area contributed by atoms with Gasteiger partial charge in [-0.05, 0) is 37.0 Å². The molecule has 0 heterocycles. The molecule has 2 N–H and O–H groups in total. The standard InChI is InChI=1S/C17H21FN2O/c1-12(2)11-20(15-7-8-15)17(21)16-10-14(18)6-5-13(16)4-3-9-19/h5-6,10,12,15H,7-9,11,19H2,1-2H3. The van der Waals surface area contributed by atoms with Gasteiger partial charge in [0.1, 0.15) is 5.82 Å². The lowest BCUT2D eigenvalue weighted by Gasteiger charge is -2.25. The number of carbonyl (C=O) groups excluding carboxylic acids is 1. The molecule has 4 heteroatoms. The van der Waals surface area contributed by atoms with Crippen molar-refractivity contribution >= 4 is 5.91 Å². The first-order valence-electron chi connectivity index (χ1n) is 7.32. The maximum absolute atomic E-state index is 13.5. The quantitative estimate of drug-likeness (QED) is 0.865. The lowest BCUT2D eigenvalue weighted by Crippen LogP contribution is -2.36. The molecule has 1 aromatic rings. The minimum atomic E-state index is -0.419. The van der Waals surface area contributed by atoms with E-state index in [-0.39, 0.29) is 12.5 Å². The SMILES string of the molecule is CC(C)CN(C(=O)c1cc(F)ccc1C#CCN)C1CC1. The summed E-state index contributed by atoms with van der Waals surface area (Å²) in [5.74, 6) is 5.41. The summed E-state index contributed by atoms with van der Waals surface area (Å²) in [6, 6.07) is 4.43. The van der Waals surface area contributed by atoms with Crippen LogP contribution in [0.15, 0.2) is 18.2 Å². The van der Waals surface area contributed by atoms with Gasteiger partial charge in [0.15, 0.2) is 0 Å². The molecule has 1 fully saturated rings. The van der Waals surface area contributed by atoms with E-state index in [4.69, 9.17) is 5.73 Å². The van der Waals surface area contributed by atoms with Crippen molar-refractivity contribution in [2.75, 3.05) is 13.1 Å². The molecular weight excluding hydrogens is 267 g/mol. The predicted molar refractivity (Wildman–Crippen MR) is 81.2 cm³/mol. The van der Waals surface area contributed by atoms with Crippen LogP contribution in [-0.4, -0.2) is 29.9 Å². The number of hydrogen-bond donors (Lipinski definition) is 1. The largest absolute Gasteiger partial charge is 0.335 e. The van der Waals surface area contributed by atoms with Crippen LogP contribution >= 0.6 is 0 Å². The molecule has 3 nitrogen and oxygen atoms in total. The number of nitrogens with two attached hydrogens (primary N) is 1. The molecule has 0 aliphatic heterocycles. The second kappa shape index (κ2) is 6.73. The second-order valence-corrected chi connectivity index (χ2v) is 5.78. The van der Waals surface area contributed by atoms with Crippen molar-refractivity contribution in [1.29, 1.82) is 0 Å². The topological polar surface area (TPSA) is 46.3 Å². The number of hydrogen-bond acceptors (Lipinski definition) is 2. The molecule has 0 spiro atoms. The maximum Gasteiger partial charge on any atom is 0.255 e. The van der Waals surface area contributed by atoms with Gasteiger partial charge in [-0.25, -0.2) is 4.39 Å². The van der Waals surface area contributed by atoms with Crippen molar-refractivity contribution in [3.63, 3.8) is 0 Å². The summed E-state index contributed by atoms with van der Waals surface area (Å²) in [7, 11) is 0. The number of carbonyl (C=O) groups is 1. The van der Waals surface area contributed by atoms with Gasteiger partial charge in [-0.2, -0.15) is 0 Å². The normalized spacial score (nSPS) is 13.8. The predicted octanol–water partition coefficient (Wildman–Crippen LogP) is 2.40. The summed E-state index contributed by atoms with van der Waals surface area (Å²) >= 11 is 0. The van der Waals surface area contributed by atoms with E-state index in [9.17, 15) is 9.18 Å². The summed E-state index contributed by atoms with van der Waals surface area (Å²) < 4.78 is 13.5. The van der Waals surface area contributed by atoms with E-state index in [2.05, 4.69) is 25.7 Å². The van der Waals surface area contributed by atoms with Crippen LogP contribution in [0.5, 0.6) is 0 Å². The van der Waals surface area contributed by atoms with E-state index < -0.39 is 5.82 Å². The maximum atomic E-state index is 13.5. The third-order valence-electron chi connectivity index (χ3n) is 3.35. The average molecular weight is 288 g/mol. The van der Waals surface area contributed by atoms with E-state index >= 15 is 0 Å². The van der Waals surface area contributed by atoms with Gasteiger partial charge in [-0.3, -0.25) is 4.79 Å². The van der Waals surface area contributed by atoms with E-state index in [0.717, 1.165) is 12.8 Å². The highest BCUT2D eigenvalue weighted by Gasteiger charge is 2.34. The first kappa shape index (κ1) is 15.5. The van der Waals surface area contributed by atoms with Crippen LogP contribution in [0.1, 0.15) is 42.6 Å². The molecule has 1 aliphatic rings. The lowest BCUT2D eigenvalue weighted by molar-refractivity contribution is 0.0721. The summed E-state index contributed by atoms with van der Waals surface area (Å²) in [5, 5.41) is 0. The van der Waals surface area contributed by atoms with Gasteiger partial charge < -0.3 is 10.6 Å². The van der Waals surface area contributed by atoms with Crippen molar-refractivity contribution in [3.05, 3.63) is 35.1 Å². The van der Waals surface area contributed by atoms with Gasteiger partial charge >= 0.3 is 0 Å². The van der Waals surface area contributed by atoms with Crippen LogP contribution in [0, 0.1) is 23.6 Å². The zero-order chi connectivity index (χ0) is 15.4. The molecule has 1 amide bonds. The molecule has 0 aromatic heterocycles. The first-order valence-corrected chi connectivity index (χ1v) is 7.32. The monoisotopic (exact) mass is 288 g/mol. The first-order chi connectivity index (χ1) is 10.0. The number of halogens is 1. The molecule has 0 atom stereocenters. The third kappa shape index (κ3) is 4.05. The summed E-state index contributed by atoms with van der Waals surface area (Å²) in [6.07, 6.45) is 2.05. The summed E-state index contributed by atoms with van der Waals surface area (Å²) in [5.41, 5.74) is 6.25. The fraction of sp³-hybridized carbons (Fsp3) is 0.471. The van der Waals surface area contributed by atoms with Gasteiger partial charge in [0.25, 0.3) is 5.91 Å². The van der Waals surface area contributed by atoms with Crippen LogP contribution in [0.3, 0.4) is 0 Å². The van der Waals surface area contributed by atoms with Gasteiger partial charge in [0, 0.05) is 18.2 Å². The van der Waals surface area contributed by atoms with E-state index in [1.54, 1.807) is 6.07 Å². The Balaban J connectivity index is 2.33. The smallest absolute Gasteiger partial charge is 0.255 e. The van der Waals surface area contributed by atoms with Crippen molar-refractivity contribution < 1.29 is 9.18 Å². The fourth-order valence-corrected chi connectivity index (χ4v) is 2.28. The second-order valence-electron chi connectivity index (χ2n) is 5.78. The molecule has 1 aromatic carbocycles. The van der Waals surface area contributed by atoms with Crippen LogP contribution in [0.2, 0.25) is 0 Å². The Labute approximate surface area is 125 Å². The lowest BCUT2D eigenvalue weighted by atomic mass is 10.1. The van der Waals surface area contributed by atoms with Gasteiger partial charge in [0.05, 0.1) is 12.1 Å². The molecule has 0 radical (unpaired) electrons. The van der Waals surface area contributed by atoms with E-state index in [0.29, 0.717) is 29.6 Å². The molecule has 2 rings (SSSR count). The Morgan fingerprint density at radius 3 is 2.76 bits per heavy atom. The average Bonchev–Trinajstić information content (AvgIpc) is 3.27. The van der Waals surface area contributed by atoms with E-state index in [1.807, 2.05) is 4.90 Å². The van der Waals surface area contributed by atoms with Crippen LogP contribution < -0.4 is 5.73 Å². The van der Waals surface area contributed by atoms with Crippen molar-refractivity contribution in [2.24, 2.45) is 11.7 Å². The molecular formula is C17H21FN2O. The van der Waals surface area contributed by atoms with Crippen LogP contribution in [0.4, 0.5) is 4.39 Å². The van der Waals surface area contributed by atoms with Crippen LogP contribution in [-0.2, 0) is 0 Å². The van der Waals surface area contributed by atoms with Gasteiger partial charge in [-0.15, -0.1) is 0 Å². The minimum absolute atomic E-state index is 0.132. The van der Waals surface area contributed by atoms with Crippen molar-refractivity contribution in [2.45, 2.75) is 32.7 Å². The van der Waals surface area contributed by atoms with Crippen LogP contribution in [0.25, 0.3) is 0 Å². The molecule has 21 heavy (non-hydrogen) atoms. The Kier molecular flexibility index (Phi) is 4.98. The molecule has 112 valence electrons. The Morgan fingerprint density at radius 2 is 2.19 bits per heavy atom. The zero-order valence-corrected chi connectivity index (χ0v) is 12.5. The third-order valence-corrected chi connectivity index (χ3v) is 3.35. The van der Waals surface area contributed by atoms with Gasteiger partial charge in [-0.1, -0.05) is 25.7 Å². The number of rotatable bonds is 4. The summed E-state index contributed by atoms with van der Waals surface area (Å²) in [4.78, 5) is 14.6. The Morgan fingerprint density at radius 1 is 1.48 bits per heavy atom. The molecule has 0 bridgehead atoms. The molecule has 0 saturated heterocycles. The number of nitrogens with zero attached hydrogens (tertiary/aromatic N) is 1. The highest BCUT2D eigenvalue weighted by molar-refractivity contribution is 5.97. The summed E-state index contributed by atoms with van der Waals surface area (Å²) in [6.45, 7) is 5.04. The zero-order valence-electron chi connectivity index (χ0n) is 12.5. The molecule has 0 unspecified atom stereocenters. The molecule has 1 saturated carbocycles. The Bertz CT molecular complexity index is 582. The number of amides is 1. The fourth-order valence-electron chi connectivity index (χ4n) is 2.28. The highest BCUT2D eigenvalue weighted by atomic mass is 19.1. The van der Waals surface area contributed by atoms with E-state index in [1.165, 1.54) is 12.1 Å². The van der Waals surface area contributed by atoms with Crippen molar-refractivity contribution in [3.8, 4) is 11.8 Å². The van der Waals surface area contributed by atoms with Crippen molar-refractivity contribution in [1.82, 2.24) is 4.90 Å². The van der Waals surface area contributed by atoms with Gasteiger partial charge in [0.2, 0.25) is 0 Å². The number of benzene rings is 1. The highest BCUT2D eigenvalue weighted by Crippen LogP contribution is 2.29. The minimum Gasteiger partial charge on any atom is -0.335 e. The molecule has 1 aliphatic carbocycles.